The van der Waals surface area contributed by atoms with E-state index in [1.165, 1.54) is 28.8 Å². The highest BCUT2D eigenvalue weighted by Gasteiger charge is 2.43. The summed E-state index contributed by atoms with van der Waals surface area (Å²) in [5, 5.41) is 32.8. The largest absolute Gasteiger partial charge is 0.494 e. The van der Waals surface area contributed by atoms with Crippen molar-refractivity contribution in [1.82, 2.24) is 4.57 Å². The Labute approximate surface area is 177 Å². The summed E-state index contributed by atoms with van der Waals surface area (Å²) in [6.45, 7) is 0. The Morgan fingerprint density at radius 3 is 2.00 bits per heavy atom. The zero-order valence-corrected chi connectivity index (χ0v) is 16.2. The van der Waals surface area contributed by atoms with Crippen LogP contribution in [0.3, 0.4) is 0 Å². The molecule has 1 atom stereocenters. The SMILES string of the molecule is O=C(O)c1ccc(-n2c(O)c3c(c2O)[C@H](c2ccccc2)N(c2ccccc2)O3)cc1. The molecule has 5 rings (SSSR count). The first-order valence-corrected chi connectivity index (χ1v) is 9.63. The highest BCUT2D eigenvalue weighted by molar-refractivity contribution is 5.87. The van der Waals surface area contributed by atoms with Gasteiger partial charge in [0, 0.05) is 0 Å². The number of carboxylic acids is 1. The van der Waals surface area contributed by atoms with Gasteiger partial charge in [-0.2, -0.15) is 5.06 Å². The van der Waals surface area contributed by atoms with Gasteiger partial charge in [-0.3, -0.25) is 0 Å². The summed E-state index contributed by atoms with van der Waals surface area (Å²) >= 11 is 0. The van der Waals surface area contributed by atoms with E-state index in [9.17, 15) is 15.0 Å². The van der Waals surface area contributed by atoms with Crippen LogP contribution in [0, 0.1) is 0 Å². The van der Waals surface area contributed by atoms with Crippen molar-refractivity contribution < 1.29 is 25.0 Å². The van der Waals surface area contributed by atoms with E-state index in [4.69, 9.17) is 9.94 Å². The molecule has 0 amide bonds. The number of aromatic carboxylic acids is 1. The molecule has 7 heteroatoms. The first-order chi connectivity index (χ1) is 15.1. The number of aromatic hydroxyl groups is 2. The van der Waals surface area contributed by atoms with E-state index in [1.54, 1.807) is 5.06 Å². The Morgan fingerprint density at radius 2 is 1.39 bits per heavy atom. The number of fused-ring (bicyclic) bond motifs is 1. The molecule has 1 aromatic heterocycles. The average molecular weight is 414 g/mol. The second kappa shape index (κ2) is 7.14. The van der Waals surface area contributed by atoms with E-state index >= 15 is 0 Å². The molecule has 1 aliphatic rings. The number of para-hydroxylation sites is 1. The van der Waals surface area contributed by atoms with Crippen molar-refractivity contribution in [3.8, 4) is 23.2 Å². The summed E-state index contributed by atoms with van der Waals surface area (Å²) in [7, 11) is 0. The number of nitrogens with zero attached hydrogens (tertiary/aromatic N) is 2. The van der Waals surface area contributed by atoms with E-state index < -0.39 is 12.0 Å². The summed E-state index contributed by atoms with van der Waals surface area (Å²) < 4.78 is 1.24. The van der Waals surface area contributed by atoms with Gasteiger partial charge in [-0.25, -0.2) is 9.36 Å². The van der Waals surface area contributed by atoms with Gasteiger partial charge in [0.15, 0.2) is 0 Å². The van der Waals surface area contributed by atoms with Gasteiger partial charge in [0.2, 0.25) is 17.5 Å². The summed E-state index contributed by atoms with van der Waals surface area (Å²) in [5.74, 6) is -1.35. The number of benzene rings is 3. The molecule has 7 nitrogen and oxygen atoms in total. The lowest BCUT2D eigenvalue weighted by Gasteiger charge is -2.26. The van der Waals surface area contributed by atoms with Crippen molar-refractivity contribution in [2.24, 2.45) is 0 Å². The van der Waals surface area contributed by atoms with E-state index in [1.807, 2.05) is 60.7 Å². The number of hydroxylamine groups is 1. The van der Waals surface area contributed by atoms with Crippen molar-refractivity contribution in [1.29, 1.82) is 0 Å². The van der Waals surface area contributed by atoms with Crippen molar-refractivity contribution in [2.45, 2.75) is 6.04 Å². The number of hydrogen-bond acceptors (Lipinski definition) is 5. The molecule has 0 saturated carbocycles. The quantitative estimate of drug-likeness (QED) is 0.455. The van der Waals surface area contributed by atoms with E-state index in [0.29, 0.717) is 11.3 Å². The maximum atomic E-state index is 11.1. The molecular weight excluding hydrogens is 396 g/mol. The number of carbonyl (C=O) groups is 1. The van der Waals surface area contributed by atoms with Crippen LogP contribution in [0.25, 0.3) is 5.69 Å². The Kier molecular flexibility index (Phi) is 4.29. The Balaban J connectivity index is 1.66. The van der Waals surface area contributed by atoms with Gasteiger partial charge in [0.1, 0.15) is 6.04 Å². The predicted molar refractivity (Wildman–Crippen MR) is 114 cm³/mol. The zero-order valence-electron chi connectivity index (χ0n) is 16.2. The molecule has 2 heterocycles. The maximum absolute atomic E-state index is 11.1. The summed E-state index contributed by atoms with van der Waals surface area (Å²) in [5.41, 5.74) is 2.59. The number of hydrogen-bond donors (Lipinski definition) is 3. The third-order valence-corrected chi connectivity index (χ3v) is 5.31. The monoisotopic (exact) mass is 414 g/mol. The number of carboxylic acid groups (broad SMARTS) is 1. The van der Waals surface area contributed by atoms with Gasteiger partial charge in [-0.1, -0.05) is 48.5 Å². The van der Waals surface area contributed by atoms with Gasteiger partial charge in [-0.05, 0) is 42.0 Å². The third kappa shape index (κ3) is 2.95. The van der Waals surface area contributed by atoms with Crippen molar-refractivity contribution in [3.05, 3.63) is 102 Å². The zero-order chi connectivity index (χ0) is 21.5. The molecule has 0 fully saturated rings. The van der Waals surface area contributed by atoms with E-state index in [0.717, 1.165) is 11.3 Å². The Morgan fingerprint density at radius 1 is 0.774 bits per heavy atom. The Hall–Kier alpha value is -4.39. The first-order valence-electron chi connectivity index (χ1n) is 9.63. The van der Waals surface area contributed by atoms with Crippen LogP contribution < -0.4 is 9.90 Å². The molecule has 1 aliphatic heterocycles. The number of aromatic nitrogens is 1. The number of anilines is 1. The fraction of sp³-hybridized carbons (Fsp3) is 0.0417. The summed E-state index contributed by atoms with van der Waals surface area (Å²) in [6, 6.07) is 24.3. The molecule has 0 bridgehead atoms. The fourth-order valence-electron chi connectivity index (χ4n) is 3.86. The molecule has 154 valence electrons. The molecule has 0 radical (unpaired) electrons. The van der Waals surface area contributed by atoms with Crippen molar-refractivity contribution in [2.75, 3.05) is 5.06 Å². The molecule has 3 aromatic carbocycles. The fourth-order valence-corrected chi connectivity index (χ4v) is 3.86. The summed E-state index contributed by atoms with van der Waals surface area (Å²) in [4.78, 5) is 17.2. The molecule has 3 N–H and O–H groups in total. The van der Waals surface area contributed by atoms with Crippen LogP contribution in [0.5, 0.6) is 17.5 Å². The first kappa shape index (κ1) is 18.6. The van der Waals surface area contributed by atoms with Gasteiger partial charge in [0.05, 0.1) is 22.5 Å². The Bertz CT molecular complexity index is 1250. The molecule has 31 heavy (non-hydrogen) atoms. The minimum atomic E-state index is -1.05. The topological polar surface area (TPSA) is 95.2 Å². The molecule has 0 aliphatic carbocycles. The summed E-state index contributed by atoms with van der Waals surface area (Å²) in [6.07, 6.45) is 0. The molecule has 0 spiro atoms. The lowest BCUT2D eigenvalue weighted by atomic mass is 10.00. The van der Waals surface area contributed by atoms with Gasteiger partial charge in [-0.15, -0.1) is 0 Å². The highest BCUT2D eigenvalue weighted by atomic mass is 16.7. The van der Waals surface area contributed by atoms with Crippen molar-refractivity contribution in [3.63, 3.8) is 0 Å². The molecule has 0 unspecified atom stereocenters. The normalized spacial score (nSPS) is 14.8. The second-order valence-corrected chi connectivity index (χ2v) is 7.14. The second-order valence-electron chi connectivity index (χ2n) is 7.14. The lowest BCUT2D eigenvalue weighted by molar-refractivity contribution is 0.0697. The van der Waals surface area contributed by atoms with Crippen LogP contribution in [0.15, 0.2) is 84.9 Å². The molecule has 0 saturated heterocycles. The minimum absolute atomic E-state index is 0.107. The lowest BCUT2D eigenvalue weighted by Crippen LogP contribution is -2.27. The predicted octanol–water partition coefficient (Wildman–Crippen LogP) is 4.49. The highest BCUT2D eigenvalue weighted by Crippen LogP contribution is 2.54. The van der Waals surface area contributed by atoms with Crippen LogP contribution in [0.4, 0.5) is 5.69 Å². The van der Waals surface area contributed by atoms with E-state index in [2.05, 4.69) is 0 Å². The maximum Gasteiger partial charge on any atom is 0.335 e. The minimum Gasteiger partial charge on any atom is -0.494 e. The van der Waals surface area contributed by atoms with Crippen LogP contribution in [0.2, 0.25) is 0 Å². The van der Waals surface area contributed by atoms with Gasteiger partial charge >= 0.3 is 5.97 Å². The molecular formula is C24H18N2O5. The van der Waals surface area contributed by atoms with Gasteiger partial charge in [0.25, 0.3) is 0 Å². The third-order valence-electron chi connectivity index (χ3n) is 5.31. The van der Waals surface area contributed by atoms with Crippen LogP contribution >= 0.6 is 0 Å². The van der Waals surface area contributed by atoms with Crippen LogP contribution in [-0.4, -0.2) is 25.9 Å². The average Bonchev–Trinajstić information content (AvgIpc) is 3.31. The molecule has 4 aromatic rings. The van der Waals surface area contributed by atoms with Crippen LogP contribution in [-0.2, 0) is 0 Å². The number of rotatable bonds is 4. The van der Waals surface area contributed by atoms with E-state index in [-0.39, 0.29) is 23.1 Å². The van der Waals surface area contributed by atoms with Crippen molar-refractivity contribution >= 4 is 11.7 Å². The van der Waals surface area contributed by atoms with Crippen LogP contribution in [0.1, 0.15) is 27.5 Å². The smallest absolute Gasteiger partial charge is 0.335 e. The standard InChI is InChI=1S/C24H18N2O5/c27-22-19-20(15-7-3-1-4-8-15)26(18-9-5-2-6-10-18)31-21(19)23(28)25(22)17-13-11-16(12-14-17)24(29)30/h1-14,20,27-28H,(H,29,30)/t20-/m0/s1. The van der Waals surface area contributed by atoms with Gasteiger partial charge < -0.3 is 20.2 Å².